The maximum Gasteiger partial charge on any atom is 0.244 e. The number of hydrogen-bond acceptors (Lipinski definition) is 4. The standard InChI is InChI=1S/C21H23Cl4N3O4S/c1-4-26-21(30)13(2)27(11-14-15(22)7-5-8-16(14)23)19(29)12-28(33(3,31)32)18-10-6-9-17(24)20(18)25/h5-10,13H,4,11-12H2,1-3H3,(H,26,30)/t13-/m0/s1. The first-order valence-electron chi connectivity index (χ1n) is 9.80. The van der Waals surface area contributed by atoms with Gasteiger partial charge in [-0.3, -0.25) is 13.9 Å². The van der Waals surface area contributed by atoms with E-state index in [1.807, 2.05) is 0 Å². The minimum absolute atomic E-state index is 0.0186. The summed E-state index contributed by atoms with van der Waals surface area (Å²) in [4.78, 5) is 27.2. The second kappa shape index (κ2) is 11.6. The van der Waals surface area contributed by atoms with Gasteiger partial charge in [0.15, 0.2) is 0 Å². The van der Waals surface area contributed by atoms with Crippen molar-refractivity contribution < 1.29 is 18.0 Å². The largest absolute Gasteiger partial charge is 0.355 e. The van der Waals surface area contributed by atoms with Gasteiger partial charge >= 0.3 is 0 Å². The predicted molar refractivity (Wildman–Crippen MR) is 134 cm³/mol. The van der Waals surface area contributed by atoms with Gasteiger partial charge in [-0.05, 0) is 38.1 Å². The summed E-state index contributed by atoms with van der Waals surface area (Å²) in [5.74, 6) is -1.08. The zero-order valence-electron chi connectivity index (χ0n) is 18.1. The molecule has 0 saturated carbocycles. The molecular weight excluding hydrogens is 532 g/mol. The fraction of sp³-hybridized carbons (Fsp3) is 0.333. The lowest BCUT2D eigenvalue weighted by atomic mass is 10.1. The van der Waals surface area contributed by atoms with Crippen molar-refractivity contribution in [2.24, 2.45) is 0 Å². The fourth-order valence-electron chi connectivity index (χ4n) is 3.04. The third-order valence-electron chi connectivity index (χ3n) is 4.79. The van der Waals surface area contributed by atoms with E-state index < -0.39 is 34.4 Å². The predicted octanol–water partition coefficient (Wildman–Crippen LogP) is 4.62. The molecular formula is C21H23Cl4N3O4S. The van der Waals surface area contributed by atoms with Crippen LogP contribution in [0.2, 0.25) is 20.1 Å². The molecule has 33 heavy (non-hydrogen) atoms. The van der Waals surface area contributed by atoms with E-state index in [2.05, 4.69) is 5.32 Å². The first-order chi connectivity index (χ1) is 15.4. The lowest BCUT2D eigenvalue weighted by Crippen LogP contribution is -2.51. The van der Waals surface area contributed by atoms with Gasteiger partial charge in [0.1, 0.15) is 12.6 Å². The fourth-order valence-corrected chi connectivity index (χ4v) is 4.86. The monoisotopic (exact) mass is 553 g/mol. The van der Waals surface area contributed by atoms with Crippen molar-refractivity contribution in [3.8, 4) is 0 Å². The van der Waals surface area contributed by atoms with Crippen LogP contribution in [-0.2, 0) is 26.2 Å². The van der Waals surface area contributed by atoms with Crippen LogP contribution in [0.15, 0.2) is 36.4 Å². The molecule has 1 N–H and O–H groups in total. The molecule has 2 aromatic carbocycles. The molecule has 0 spiro atoms. The molecule has 1 atom stereocenters. The molecule has 0 bridgehead atoms. The Morgan fingerprint density at radius 1 is 1.00 bits per heavy atom. The summed E-state index contributed by atoms with van der Waals surface area (Å²) in [6, 6.07) is 8.38. The molecule has 180 valence electrons. The van der Waals surface area contributed by atoms with Gasteiger partial charge in [0.25, 0.3) is 0 Å². The number of halogens is 4. The Bertz CT molecular complexity index is 1120. The van der Waals surface area contributed by atoms with Crippen molar-refractivity contribution in [3.05, 3.63) is 62.1 Å². The second-order valence-electron chi connectivity index (χ2n) is 7.13. The van der Waals surface area contributed by atoms with Crippen molar-refractivity contribution in [3.63, 3.8) is 0 Å². The number of hydrogen-bond donors (Lipinski definition) is 1. The van der Waals surface area contributed by atoms with Gasteiger partial charge in [-0.2, -0.15) is 0 Å². The Hall–Kier alpha value is -1.71. The molecule has 2 rings (SSSR count). The molecule has 12 heteroatoms. The van der Waals surface area contributed by atoms with Crippen molar-refractivity contribution in [1.29, 1.82) is 0 Å². The van der Waals surface area contributed by atoms with Crippen molar-refractivity contribution in [2.75, 3.05) is 23.7 Å². The number of rotatable bonds is 9. The third kappa shape index (κ3) is 6.90. The van der Waals surface area contributed by atoms with Crippen molar-refractivity contribution in [2.45, 2.75) is 26.4 Å². The maximum atomic E-state index is 13.4. The summed E-state index contributed by atoms with van der Waals surface area (Å²) in [5.41, 5.74) is 0.471. The molecule has 7 nitrogen and oxygen atoms in total. The number of amides is 2. The van der Waals surface area contributed by atoms with Crippen LogP contribution in [0.5, 0.6) is 0 Å². The van der Waals surface area contributed by atoms with Crippen LogP contribution < -0.4 is 9.62 Å². The summed E-state index contributed by atoms with van der Waals surface area (Å²) in [6.45, 7) is 2.89. The third-order valence-corrected chi connectivity index (χ3v) is 7.43. The molecule has 0 aliphatic rings. The highest BCUT2D eigenvalue weighted by Gasteiger charge is 2.31. The van der Waals surface area contributed by atoms with E-state index in [4.69, 9.17) is 46.4 Å². The Morgan fingerprint density at radius 2 is 1.55 bits per heavy atom. The summed E-state index contributed by atoms with van der Waals surface area (Å²) < 4.78 is 26.0. The number of nitrogens with one attached hydrogen (secondary N) is 1. The minimum Gasteiger partial charge on any atom is -0.355 e. The Balaban J connectivity index is 2.49. The molecule has 0 unspecified atom stereocenters. The van der Waals surface area contributed by atoms with E-state index in [1.165, 1.54) is 30.0 Å². The van der Waals surface area contributed by atoms with Gasteiger partial charge in [0.2, 0.25) is 21.8 Å². The Morgan fingerprint density at radius 3 is 2.09 bits per heavy atom. The zero-order chi connectivity index (χ0) is 24.9. The Kier molecular flexibility index (Phi) is 9.70. The molecule has 0 aromatic heterocycles. The maximum absolute atomic E-state index is 13.4. The van der Waals surface area contributed by atoms with E-state index in [1.54, 1.807) is 25.1 Å². The van der Waals surface area contributed by atoms with E-state index in [-0.39, 0.29) is 22.3 Å². The quantitative estimate of drug-likeness (QED) is 0.490. The van der Waals surface area contributed by atoms with E-state index in [0.717, 1.165) is 10.6 Å². The highest BCUT2D eigenvalue weighted by Crippen LogP contribution is 2.34. The molecule has 0 fully saturated rings. The summed E-state index contributed by atoms with van der Waals surface area (Å²) in [7, 11) is -3.94. The summed E-state index contributed by atoms with van der Waals surface area (Å²) in [5, 5.41) is 3.38. The lowest BCUT2D eigenvalue weighted by Gasteiger charge is -2.32. The van der Waals surface area contributed by atoms with Crippen molar-refractivity contribution >= 4 is 73.9 Å². The SMILES string of the molecule is CCNC(=O)[C@H](C)N(Cc1c(Cl)cccc1Cl)C(=O)CN(c1cccc(Cl)c1Cl)S(C)(=O)=O. The number of benzene rings is 2. The van der Waals surface area contributed by atoms with Gasteiger partial charge in [0, 0.05) is 28.7 Å². The van der Waals surface area contributed by atoms with Gasteiger partial charge in [0.05, 0.1) is 22.0 Å². The van der Waals surface area contributed by atoms with Crippen LogP contribution >= 0.6 is 46.4 Å². The number of nitrogens with zero attached hydrogens (tertiary/aromatic N) is 2. The number of carbonyl (C=O) groups excluding carboxylic acids is 2. The second-order valence-corrected chi connectivity index (χ2v) is 10.6. The zero-order valence-corrected chi connectivity index (χ0v) is 22.0. The summed E-state index contributed by atoms with van der Waals surface area (Å²) >= 11 is 24.8. The molecule has 2 amide bonds. The molecule has 0 saturated heterocycles. The van der Waals surface area contributed by atoms with Crippen molar-refractivity contribution in [1.82, 2.24) is 10.2 Å². The van der Waals surface area contributed by atoms with Gasteiger partial charge in [-0.1, -0.05) is 58.5 Å². The Labute approximate surface area is 213 Å². The number of sulfonamides is 1. The average molecular weight is 555 g/mol. The highest BCUT2D eigenvalue weighted by molar-refractivity contribution is 7.92. The normalized spacial score (nSPS) is 12.2. The van der Waals surface area contributed by atoms with Crippen LogP contribution in [-0.4, -0.2) is 50.5 Å². The van der Waals surface area contributed by atoms with E-state index in [9.17, 15) is 18.0 Å². The van der Waals surface area contributed by atoms with Crippen LogP contribution in [0, 0.1) is 0 Å². The molecule has 2 aromatic rings. The topological polar surface area (TPSA) is 86.8 Å². The first kappa shape index (κ1) is 27.5. The summed E-state index contributed by atoms with van der Waals surface area (Å²) in [6.07, 6.45) is 0.944. The average Bonchev–Trinajstić information content (AvgIpc) is 2.73. The molecule has 0 aliphatic heterocycles. The number of likely N-dealkylation sites (N-methyl/N-ethyl adjacent to an activating group) is 1. The molecule has 0 radical (unpaired) electrons. The van der Waals surface area contributed by atoms with Gasteiger partial charge < -0.3 is 10.2 Å². The van der Waals surface area contributed by atoms with Crippen LogP contribution in [0.4, 0.5) is 5.69 Å². The highest BCUT2D eigenvalue weighted by atomic mass is 35.5. The smallest absolute Gasteiger partial charge is 0.244 e. The number of anilines is 1. The van der Waals surface area contributed by atoms with Crippen LogP contribution in [0.25, 0.3) is 0 Å². The van der Waals surface area contributed by atoms with Crippen LogP contribution in [0.3, 0.4) is 0 Å². The minimum atomic E-state index is -3.94. The number of carbonyl (C=O) groups is 2. The molecule has 0 aliphatic carbocycles. The van der Waals surface area contributed by atoms with E-state index >= 15 is 0 Å². The lowest BCUT2D eigenvalue weighted by molar-refractivity contribution is -0.139. The van der Waals surface area contributed by atoms with E-state index in [0.29, 0.717) is 22.2 Å². The van der Waals surface area contributed by atoms with Gasteiger partial charge in [-0.25, -0.2) is 8.42 Å². The first-order valence-corrected chi connectivity index (χ1v) is 13.2. The molecule has 0 heterocycles. The van der Waals surface area contributed by atoms with Crippen LogP contribution in [0.1, 0.15) is 19.4 Å². The van der Waals surface area contributed by atoms with Gasteiger partial charge in [-0.15, -0.1) is 0 Å².